The molecule has 1 amide bonds. The summed E-state index contributed by atoms with van der Waals surface area (Å²) in [5.41, 5.74) is 2.66. The Morgan fingerprint density at radius 1 is 0.971 bits per heavy atom. The molecule has 0 fully saturated rings. The first kappa shape index (κ1) is 22.6. The molecule has 0 aliphatic rings. The van der Waals surface area contributed by atoms with Crippen LogP contribution in [0.15, 0.2) is 76.3 Å². The van der Waals surface area contributed by atoms with Crippen molar-refractivity contribution >= 4 is 43.2 Å². The summed E-state index contributed by atoms with van der Waals surface area (Å²) in [5, 5.41) is 3.64. The summed E-state index contributed by atoms with van der Waals surface area (Å²) in [6, 6.07) is 19.9. The summed E-state index contributed by atoms with van der Waals surface area (Å²) in [6.45, 7) is 3.73. The second kappa shape index (κ2) is 8.88. The van der Waals surface area contributed by atoms with E-state index in [4.69, 9.17) is 4.74 Å². The van der Waals surface area contributed by atoms with E-state index in [0.29, 0.717) is 27.3 Å². The number of hydrogen-bond donors (Lipinski definition) is 1. The molecule has 5 rings (SSSR count). The number of fused-ring (bicyclic) bond motifs is 3. The van der Waals surface area contributed by atoms with Gasteiger partial charge in [0.2, 0.25) is 5.91 Å². The van der Waals surface area contributed by atoms with Gasteiger partial charge in [0.15, 0.2) is 0 Å². The van der Waals surface area contributed by atoms with E-state index in [9.17, 15) is 14.4 Å². The number of aryl methyl sites for hydroxylation is 2. The Labute approximate surface area is 204 Å². The lowest BCUT2D eigenvalue weighted by atomic mass is 10.1. The van der Waals surface area contributed by atoms with Gasteiger partial charge in [-0.3, -0.25) is 14.2 Å². The van der Waals surface area contributed by atoms with Crippen LogP contribution in [0.5, 0.6) is 5.75 Å². The van der Waals surface area contributed by atoms with Crippen molar-refractivity contribution in [2.24, 2.45) is 0 Å². The van der Waals surface area contributed by atoms with Crippen LogP contribution >= 0.6 is 11.3 Å². The number of aromatic nitrogens is 2. The van der Waals surface area contributed by atoms with E-state index in [1.165, 1.54) is 23.0 Å². The summed E-state index contributed by atoms with van der Waals surface area (Å²) in [6.07, 6.45) is 0. The maximum atomic E-state index is 13.7. The fraction of sp³-hybridized carbons (Fsp3) is 0.148. The van der Waals surface area contributed by atoms with Gasteiger partial charge in [0.1, 0.15) is 17.0 Å². The zero-order valence-corrected chi connectivity index (χ0v) is 20.3. The van der Waals surface area contributed by atoms with Gasteiger partial charge in [-0.25, -0.2) is 9.36 Å². The first-order valence-corrected chi connectivity index (χ1v) is 11.9. The zero-order chi connectivity index (χ0) is 24.7. The molecule has 0 saturated heterocycles. The van der Waals surface area contributed by atoms with Crippen molar-refractivity contribution in [3.63, 3.8) is 0 Å². The average molecular weight is 486 g/mol. The Hall–Kier alpha value is -4.17. The van der Waals surface area contributed by atoms with E-state index in [1.54, 1.807) is 24.3 Å². The van der Waals surface area contributed by atoms with Gasteiger partial charge in [0.05, 0.1) is 18.3 Å². The molecular formula is C27H23N3O4S. The Balaban J connectivity index is 1.70. The van der Waals surface area contributed by atoms with Gasteiger partial charge < -0.3 is 10.1 Å². The molecule has 0 atom stereocenters. The lowest BCUT2D eigenvalue weighted by Gasteiger charge is -2.14. The van der Waals surface area contributed by atoms with Crippen LogP contribution < -0.4 is 21.3 Å². The quantitative estimate of drug-likeness (QED) is 0.394. The van der Waals surface area contributed by atoms with E-state index >= 15 is 0 Å². The van der Waals surface area contributed by atoms with Crippen LogP contribution in [-0.2, 0) is 11.3 Å². The SMILES string of the molecule is COc1cccc(-n2c(=O)c3sc4ccccc4c3n(CC(=O)Nc3ccc(C)c(C)c3)c2=O)c1. The van der Waals surface area contributed by atoms with Gasteiger partial charge >= 0.3 is 5.69 Å². The molecule has 0 bridgehead atoms. The second-order valence-corrected chi connectivity index (χ2v) is 9.39. The summed E-state index contributed by atoms with van der Waals surface area (Å²) in [5.74, 6) is 0.159. The highest BCUT2D eigenvalue weighted by Crippen LogP contribution is 2.31. The van der Waals surface area contributed by atoms with E-state index in [1.807, 2.05) is 56.3 Å². The molecule has 3 aromatic carbocycles. The average Bonchev–Trinajstić information content (AvgIpc) is 3.24. The number of thiophene rings is 1. The predicted octanol–water partition coefficient (Wildman–Crippen LogP) is 4.63. The number of carbonyl (C=O) groups is 1. The summed E-state index contributed by atoms with van der Waals surface area (Å²) < 4.78 is 9.04. The summed E-state index contributed by atoms with van der Waals surface area (Å²) in [7, 11) is 1.52. The van der Waals surface area contributed by atoms with Crippen LogP contribution in [-0.4, -0.2) is 22.2 Å². The monoisotopic (exact) mass is 485 g/mol. The van der Waals surface area contributed by atoms with Crippen LogP contribution in [0.2, 0.25) is 0 Å². The molecule has 0 spiro atoms. The van der Waals surface area contributed by atoms with Crippen LogP contribution in [0.1, 0.15) is 11.1 Å². The third-order valence-electron chi connectivity index (χ3n) is 6.06. The van der Waals surface area contributed by atoms with Crippen LogP contribution in [0.25, 0.3) is 26.0 Å². The number of hydrogen-bond acceptors (Lipinski definition) is 5. The molecule has 2 heterocycles. The topological polar surface area (TPSA) is 82.3 Å². The van der Waals surface area contributed by atoms with Crippen molar-refractivity contribution in [2.45, 2.75) is 20.4 Å². The standard InChI is InChI=1S/C27H23N3O4S/c1-16-11-12-18(13-17(16)2)28-23(31)15-29-24-21-9-4-5-10-22(21)35-25(24)26(32)30(27(29)33)19-7-6-8-20(14-19)34-3/h4-14H,15H2,1-3H3,(H,28,31). The van der Waals surface area contributed by atoms with E-state index in [0.717, 1.165) is 25.8 Å². The molecule has 0 aliphatic carbocycles. The van der Waals surface area contributed by atoms with E-state index in [2.05, 4.69) is 5.32 Å². The number of nitrogens with one attached hydrogen (secondary N) is 1. The number of amides is 1. The number of ether oxygens (including phenoxy) is 1. The minimum absolute atomic E-state index is 0.243. The van der Waals surface area contributed by atoms with Crippen molar-refractivity contribution in [3.8, 4) is 11.4 Å². The lowest BCUT2D eigenvalue weighted by molar-refractivity contribution is -0.116. The zero-order valence-electron chi connectivity index (χ0n) is 19.5. The number of benzene rings is 3. The molecular weight excluding hydrogens is 462 g/mol. The number of anilines is 1. The molecule has 35 heavy (non-hydrogen) atoms. The normalized spacial score (nSPS) is 11.2. The summed E-state index contributed by atoms with van der Waals surface area (Å²) in [4.78, 5) is 40.4. The highest BCUT2D eigenvalue weighted by molar-refractivity contribution is 7.25. The Morgan fingerprint density at radius 3 is 2.54 bits per heavy atom. The van der Waals surface area contributed by atoms with Crippen LogP contribution in [0.3, 0.4) is 0 Å². The predicted molar refractivity (Wildman–Crippen MR) is 140 cm³/mol. The maximum Gasteiger partial charge on any atom is 0.336 e. The maximum absolute atomic E-state index is 13.7. The minimum atomic E-state index is -0.588. The molecule has 0 aliphatic heterocycles. The second-order valence-electron chi connectivity index (χ2n) is 8.33. The van der Waals surface area contributed by atoms with Gasteiger partial charge in [-0.2, -0.15) is 0 Å². The third kappa shape index (κ3) is 4.02. The Bertz CT molecular complexity index is 1730. The smallest absolute Gasteiger partial charge is 0.336 e. The van der Waals surface area contributed by atoms with Gasteiger partial charge in [-0.15, -0.1) is 11.3 Å². The number of methoxy groups -OCH3 is 1. The molecule has 0 radical (unpaired) electrons. The van der Waals surface area contributed by atoms with Crippen LogP contribution in [0, 0.1) is 13.8 Å². The first-order valence-electron chi connectivity index (χ1n) is 11.1. The molecule has 8 heteroatoms. The number of nitrogens with zero attached hydrogens (tertiary/aromatic N) is 2. The Morgan fingerprint density at radius 2 is 1.77 bits per heavy atom. The van der Waals surface area contributed by atoms with Crippen molar-refractivity contribution < 1.29 is 9.53 Å². The molecule has 0 saturated carbocycles. The molecule has 0 unspecified atom stereocenters. The van der Waals surface area contributed by atoms with Crippen LogP contribution in [0.4, 0.5) is 5.69 Å². The van der Waals surface area contributed by atoms with Gasteiger partial charge in [0, 0.05) is 21.8 Å². The van der Waals surface area contributed by atoms with Gasteiger partial charge in [0.25, 0.3) is 5.56 Å². The molecule has 5 aromatic rings. The van der Waals surface area contributed by atoms with Gasteiger partial charge in [-0.1, -0.05) is 30.3 Å². The molecule has 176 valence electrons. The molecule has 1 N–H and O–H groups in total. The highest BCUT2D eigenvalue weighted by atomic mass is 32.1. The fourth-order valence-corrected chi connectivity index (χ4v) is 5.27. The van der Waals surface area contributed by atoms with Crippen molar-refractivity contribution in [1.29, 1.82) is 0 Å². The van der Waals surface area contributed by atoms with E-state index in [-0.39, 0.29) is 12.5 Å². The van der Waals surface area contributed by atoms with Crippen molar-refractivity contribution in [2.75, 3.05) is 12.4 Å². The lowest BCUT2D eigenvalue weighted by Crippen LogP contribution is -2.40. The van der Waals surface area contributed by atoms with Gasteiger partial charge in [-0.05, 0) is 55.3 Å². The molecule has 7 nitrogen and oxygen atoms in total. The highest BCUT2D eigenvalue weighted by Gasteiger charge is 2.21. The Kier molecular flexibility index (Phi) is 5.74. The molecule has 2 aromatic heterocycles. The van der Waals surface area contributed by atoms with E-state index < -0.39 is 11.2 Å². The van der Waals surface area contributed by atoms with Crippen molar-refractivity contribution in [3.05, 3.63) is 98.7 Å². The number of carbonyl (C=O) groups excluding carboxylic acids is 1. The first-order chi connectivity index (χ1) is 16.9. The van der Waals surface area contributed by atoms with Crippen molar-refractivity contribution in [1.82, 2.24) is 9.13 Å². The largest absolute Gasteiger partial charge is 0.497 e. The number of rotatable bonds is 5. The third-order valence-corrected chi connectivity index (χ3v) is 7.21. The minimum Gasteiger partial charge on any atom is -0.497 e. The summed E-state index contributed by atoms with van der Waals surface area (Å²) >= 11 is 1.31. The fourth-order valence-electron chi connectivity index (χ4n) is 4.14.